The fourth-order valence-electron chi connectivity index (χ4n) is 3.44. The third-order valence-electron chi connectivity index (χ3n) is 4.57. The quantitative estimate of drug-likeness (QED) is 0.848. The largest absolute Gasteiger partial charge is 0.365 e. The number of aryl methyl sites for hydroxylation is 1. The number of hydrogen-bond donors (Lipinski definition) is 1. The van der Waals surface area contributed by atoms with Crippen molar-refractivity contribution in [2.75, 3.05) is 18.0 Å². The van der Waals surface area contributed by atoms with E-state index < -0.39 is 0 Å². The molecular formula is C16H19FN2O2. The molecule has 1 aromatic carbocycles. The molecule has 5 heteroatoms. The molecule has 1 amide bonds. The molecule has 2 aliphatic rings. The maximum Gasteiger partial charge on any atom is 0.225 e. The summed E-state index contributed by atoms with van der Waals surface area (Å²) in [5.74, 6) is -0.446. The van der Waals surface area contributed by atoms with Gasteiger partial charge in [-0.3, -0.25) is 9.59 Å². The van der Waals surface area contributed by atoms with Crippen LogP contribution in [0.4, 0.5) is 10.1 Å². The van der Waals surface area contributed by atoms with Gasteiger partial charge in [-0.2, -0.15) is 0 Å². The number of rotatable bonds is 2. The second-order valence-corrected chi connectivity index (χ2v) is 5.93. The molecule has 0 aliphatic carbocycles. The maximum absolute atomic E-state index is 13.8. The van der Waals surface area contributed by atoms with Gasteiger partial charge in [0.2, 0.25) is 5.91 Å². The lowest BCUT2D eigenvalue weighted by atomic mass is 9.90. The van der Waals surface area contributed by atoms with Gasteiger partial charge in [-0.1, -0.05) is 0 Å². The van der Waals surface area contributed by atoms with Gasteiger partial charge in [0.15, 0.2) is 5.78 Å². The summed E-state index contributed by atoms with van der Waals surface area (Å²) < 4.78 is 13.8. The van der Waals surface area contributed by atoms with Gasteiger partial charge >= 0.3 is 0 Å². The first-order valence-corrected chi connectivity index (χ1v) is 7.34. The van der Waals surface area contributed by atoms with E-state index >= 15 is 0 Å². The van der Waals surface area contributed by atoms with Gasteiger partial charge in [0.25, 0.3) is 0 Å². The third kappa shape index (κ3) is 2.30. The summed E-state index contributed by atoms with van der Waals surface area (Å²) in [6.07, 6.45) is 1.78. The molecule has 1 N–H and O–H groups in total. The SMILES string of the molecule is CC(=O)c1cc(F)c(C)cc1N1CCCC2C(=O)NCC21. The van der Waals surface area contributed by atoms with Crippen molar-refractivity contribution in [2.24, 2.45) is 5.92 Å². The number of carbonyl (C=O) groups excluding carboxylic acids is 2. The molecule has 0 bridgehead atoms. The van der Waals surface area contributed by atoms with E-state index in [-0.39, 0.29) is 29.5 Å². The van der Waals surface area contributed by atoms with Gasteiger partial charge in [0.1, 0.15) is 5.82 Å². The van der Waals surface area contributed by atoms with E-state index in [2.05, 4.69) is 10.2 Å². The van der Waals surface area contributed by atoms with Gasteiger partial charge < -0.3 is 10.2 Å². The fourth-order valence-corrected chi connectivity index (χ4v) is 3.44. The Hall–Kier alpha value is -1.91. The van der Waals surface area contributed by atoms with Crippen molar-refractivity contribution in [2.45, 2.75) is 32.7 Å². The molecule has 2 heterocycles. The lowest BCUT2D eigenvalue weighted by Crippen LogP contribution is -2.46. The highest BCUT2D eigenvalue weighted by Gasteiger charge is 2.41. The Labute approximate surface area is 123 Å². The fraction of sp³-hybridized carbons (Fsp3) is 0.500. The zero-order valence-electron chi connectivity index (χ0n) is 12.3. The summed E-state index contributed by atoms with van der Waals surface area (Å²) in [7, 11) is 0. The first-order valence-electron chi connectivity index (χ1n) is 7.34. The Kier molecular flexibility index (Phi) is 3.43. The van der Waals surface area contributed by atoms with E-state index in [0.29, 0.717) is 17.7 Å². The summed E-state index contributed by atoms with van der Waals surface area (Å²) >= 11 is 0. The number of amides is 1. The summed E-state index contributed by atoms with van der Waals surface area (Å²) in [6, 6.07) is 3.12. The summed E-state index contributed by atoms with van der Waals surface area (Å²) in [5, 5.41) is 2.90. The standard InChI is InChI=1S/C16H19FN2O2/c1-9-6-14(12(10(2)20)7-13(9)17)19-5-3-4-11-15(19)8-18-16(11)21/h6-7,11,15H,3-5,8H2,1-2H3,(H,18,21). The Bertz CT molecular complexity index is 615. The molecule has 21 heavy (non-hydrogen) atoms. The minimum atomic E-state index is -0.363. The zero-order chi connectivity index (χ0) is 15.1. The molecule has 112 valence electrons. The van der Waals surface area contributed by atoms with Crippen molar-refractivity contribution in [1.82, 2.24) is 5.32 Å². The van der Waals surface area contributed by atoms with Gasteiger partial charge in [0.05, 0.1) is 12.0 Å². The number of anilines is 1. The molecular weight excluding hydrogens is 271 g/mol. The smallest absolute Gasteiger partial charge is 0.225 e. The van der Waals surface area contributed by atoms with E-state index in [1.54, 1.807) is 13.0 Å². The van der Waals surface area contributed by atoms with Crippen LogP contribution in [0.1, 0.15) is 35.7 Å². The van der Waals surface area contributed by atoms with Crippen LogP contribution in [0.5, 0.6) is 0 Å². The highest BCUT2D eigenvalue weighted by molar-refractivity contribution is 6.00. The average molecular weight is 290 g/mol. The molecule has 0 aromatic heterocycles. The third-order valence-corrected chi connectivity index (χ3v) is 4.57. The Morgan fingerprint density at radius 2 is 2.19 bits per heavy atom. The second-order valence-electron chi connectivity index (χ2n) is 5.93. The van der Waals surface area contributed by atoms with Crippen LogP contribution in [0.15, 0.2) is 12.1 Å². The van der Waals surface area contributed by atoms with Crippen molar-refractivity contribution in [3.8, 4) is 0 Å². The summed E-state index contributed by atoms with van der Waals surface area (Å²) in [4.78, 5) is 25.8. The van der Waals surface area contributed by atoms with Gasteiger partial charge in [-0.05, 0) is 44.4 Å². The number of benzene rings is 1. The van der Waals surface area contributed by atoms with Gasteiger partial charge in [-0.15, -0.1) is 0 Å². The van der Waals surface area contributed by atoms with Crippen LogP contribution in [-0.2, 0) is 4.79 Å². The lowest BCUT2D eigenvalue weighted by Gasteiger charge is -2.38. The van der Waals surface area contributed by atoms with E-state index in [0.717, 1.165) is 25.1 Å². The minimum Gasteiger partial charge on any atom is -0.365 e. The number of halogens is 1. The molecule has 2 atom stereocenters. The molecule has 2 saturated heterocycles. The first kappa shape index (κ1) is 14.0. The highest BCUT2D eigenvalue weighted by atomic mass is 19.1. The molecule has 0 radical (unpaired) electrons. The predicted molar refractivity (Wildman–Crippen MR) is 78.0 cm³/mol. The summed E-state index contributed by atoms with van der Waals surface area (Å²) in [6.45, 7) is 4.54. The van der Waals surface area contributed by atoms with Crippen molar-refractivity contribution < 1.29 is 14.0 Å². The molecule has 4 nitrogen and oxygen atoms in total. The second kappa shape index (κ2) is 5.13. The first-order chi connectivity index (χ1) is 9.99. The topological polar surface area (TPSA) is 49.4 Å². The van der Waals surface area contributed by atoms with E-state index in [1.165, 1.54) is 13.0 Å². The zero-order valence-corrected chi connectivity index (χ0v) is 12.3. The van der Waals surface area contributed by atoms with Crippen LogP contribution in [0.2, 0.25) is 0 Å². The van der Waals surface area contributed by atoms with Crippen molar-refractivity contribution >= 4 is 17.4 Å². The lowest BCUT2D eigenvalue weighted by molar-refractivity contribution is -0.122. The Morgan fingerprint density at radius 3 is 2.90 bits per heavy atom. The van der Waals surface area contributed by atoms with Gasteiger partial charge in [0, 0.05) is 24.3 Å². The van der Waals surface area contributed by atoms with Crippen LogP contribution >= 0.6 is 0 Å². The average Bonchev–Trinajstić information content (AvgIpc) is 2.83. The monoisotopic (exact) mass is 290 g/mol. The number of hydrogen-bond acceptors (Lipinski definition) is 3. The Morgan fingerprint density at radius 1 is 1.43 bits per heavy atom. The van der Waals surface area contributed by atoms with Crippen LogP contribution < -0.4 is 10.2 Å². The number of Topliss-reactive ketones (excluding diaryl/α,β-unsaturated/α-hetero) is 1. The number of nitrogens with zero attached hydrogens (tertiary/aromatic N) is 1. The van der Waals surface area contributed by atoms with Crippen LogP contribution in [-0.4, -0.2) is 30.8 Å². The molecule has 0 spiro atoms. The van der Waals surface area contributed by atoms with E-state index in [9.17, 15) is 14.0 Å². The van der Waals surface area contributed by atoms with Crippen LogP contribution in [0, 0.1) is 18.7 Å². The van der Waals surface area contributed by atoms with E-state index in [4.69, 9.17) is 0 Å². The normalized spacial score (nSPS) is 24.7. The molecule has 2 aliphatic heterocycles. The molecule has 0 saturated carbocycles. The van der Waals surface area contributed by atoms with E-state index in [1.807, 2.05) is 0 Å². The van der Waals surface area contributed by atoms with Crippen molar-refractivity contribution in [1.29, 1.82) is 0 Å². The molecule has 1 aromatic rings. The van der Waals surface area contributed by atoms with Crippen molar-refractivity contribution in [3.05, 3.63) is 29.1 Å². The maximum atomic E-state index is 13.8. The minimum absolute atomic E-state index is 0.0242. The van der Waals surface area contributed by atoms with Crippen LogP contribution in [0.25, 0.3) is 0 Å². The number of nitrogens with one attached hydrogen (secondary N) is 1. The number of piperidine rings is 1. The van der Waals surface area contributed by atoms with Crippen molar-refractivity contribution in [3.63, 3.8) is 0 Å². The summed E-state index contributed by atoms with van der Waals surface area (Å²) in [5.41, 5.74) is 1.68. The highest BCUT2D eigenvalue weighted by Crippen LogP contribution is 2.34. The Balaban J connectivity index is 2.05. The molecule has 2 fully saturated rings. The van der Waals surface area contributed by atoms with Gasteiger partial charge in [-0.25, -0.2) is 4.39 Å². The molecule has 3 rings (SSSR count). The number of ketones is 1. The number of fused-ring (bicyclic) bond motifs is 1. The predicted octanol–water partition coefficient (Wildman–Crippen LogP) is 2.05. The van der Waals surface area contributed by atoms with Crippen LogP contribution in [0.3, 0.4) is 0 Å². The number of carbonyl (C=O) groups is 2. The molecule has 2 unspecified atom stereocenters.